The van der Waals surface area contributed by atoms with E-state index in [4.69, 9.17) is 5.73 Å². The van der Waals surface area contributed by atoms with E-state index in [0.717, 1.165) is 18.8 Å². The summed E-state index contributed by atoms with van der Waals surface area (Å²) in [7, 11) is 0. The van der Waals surface area contributed by atoms with Gasteiger partial charge in [0.2, 0.25) is 0 Å². The van der Waals surface area contributed by atoms with Gasteiger partial charge in [-0.25, -0.2) is 0 Å². The van der Waals surface area contributed by atoms with Crippen molar-refractivity contribution in [2.45, 2.75) is 44.6 Å². The van der Waals surface area contributed by atoms with Gasteiger partial charge in [0.15, 0.2) is 0 Å². The molecule has 0 aliphatic heterocycles. The molecule has 1 aromatic carbocycles. The molecule has 2 N–H and O–H groups in total. The molecule has 2 rings (SSSR count). The van der Waals surface area contributed by atoms with Gasteiger partial charge in [-0.1, -0.05) is 24.3 Å². The molecule has 1 nitrogen and oxygen atoms in total. The SMILES string of the molecule is CC(N)CCc1ccc(C2CC2)cc1. The number of benzene rings is 1. The molecule has 0 saturated heterocycles. The monoisotopic (exact) mass is 189 g/mol. The first-order chi connectivity index (χ1) is 6.75. The summed E-state index contributed by atoms with van der Waals surface area (Å²) < 4.78 is 0. The lowest BCUT2D eigenvalue weighted by atomic mass is 10.0. The second-order valence-corrected chi connectivity index (χ2v) is 4.53. The highest BCUT2D eigenvalue weighted by molar-refractivity contribution is 5.28. The van der Waals surface area contributed by atoms with Gasteiger partial charge in [0.25, 0.3) is 0 Å². The van der Waals surface area contributed by atoms with E-state index in [-0.39, 0.29) is 0 Å². The lowest BCUT2D eigenvalue weighted by molar-refractivity contribution is 0.666. The van der Waals surface area contributed by atoms with Crippen LogP contribution < -0.4 is 5.73 Å². The van der Waals surface area contributed by atoms with Gasteiger partial charge in [-0.3, -0.25) is 0 Å². The molecule has 0 radical (unpaired) electrons. The molecule has 76 valence electrons. The van der Waals surface area contributed by atoms with Crippen LogP contribution in [-0.4, -0.2) is 6.04 Å². The van der Waals surface area contributed by atoms with Crippen molar-refractivity contribution in [2.75, 3.05) is 0 Å². The van der Waals surface area contributed by atoms with E-state index < -0.39 is 0 Å². The summed E-state index contributed by atoms with van der Waals surface area (Å²) in [5.74, 6) is 0.873. The fourth-order valence-electron chi connectivity index (χ4n) is 1.77. The summed E-state index contributed by atoms with van der Waals surface area (Å²) in [5, 5.41) is 0. The standard InChI is InChI=1S/C13H19N/c1-10(14)2-3-11-4-6-12(7-5-11)13-8-9-13/h4-7,10,13H,2-3,8-9,14H2,1H3. The molecule has 1 aliphatic rings. The van der Waals surface area contributed by atoms with Crippen molar-refractivity contribution in [3.63, 3.8) is 0 Å². The summed E-state index contributed by atoms with van der Waals surface area (Å²) in [6.07, 6.45) is 4.98. The van der Waals surface area contributed by atoms with Crippen LogP contribution in [0.4, 0.5) is 0 Å². The smallest absolute Gasteiger partial charge is 0.00136 e. The van der Waals surface area contributed by atoms with E-state index >= 15 is 0 Å². The largest absolute Gasteiger partial charge is 0.328 e. The van der Waals surface area contributed by atoms with Gasteiger partial charge >= 0.3 is 0 Å². The maximum atomic E-state index is 5.73. The topological polar surface area (TPSA) is 26.0 Å². The van der Waals surface area contributed by atoms with Crippen molar-refractivity contribution in [3.05, 3.63) is 35.4 Å². The van der Waals surface area contributed by atoms with Crippen LogP contribution in [-0.2, 0) is 6.42 Å². The van der Waals surface area contributed by atoms with Crippen molar-refractivity contribution in [2.24, 2.45) is 5.73 Å². The number of hydrogen-bond acceptors (Lipinski definition) is 1. The Morgan fingerprint density at radius 1 is 1.29 bits per heavy atom. The van der Waals surface area contributed by atoms with Crippen LogP contribution >= 0.6 is 0 Å². The average Bonchev–Trinajstić information content (AvgIpc) is 2.99. The molecular weight excluding hydrogens is 170 g/mol. The molecule has 0 heterocycles. The summed E-state index contributed by atoms with van der Waals surface area (Å²) in [6, 6.07) is 9.41. The Labute approximate surface area is 86.3 Å². The van der Waals surface area contributed by atoms with Crippen molar-refractivity contribution >= 4 is 0 Å². The van der Waals surface area contributed by atoms with E-state index in [1.165, 1.54) is 24.0 Å². The fraction of sp³-hybridized carbons (Fsp3) is 0.538. The highest BCUT2D eigenvalue weighted by Crippen LogP contribution is 2.39. The highest BCUT2D eigenvalue weighted by atomic mass is 14.6. The molecule has 1 atom stereocenters. The third kappa shape index (κ3) is 2.58. The van der Waals surface area contributed by atoms with E-state index in [1.54, 1.807) is 0 Å². The predicted octanol–water partition coefficient (Wildman–Crippen LogP) is 2.84. The van der Waals surface area contributed by atoms with Gasteiger partial charge in [0.05, 0.1) is 0 Å². The maximum absolute atomic E-state index is 5.73. The van der Waals surface area contributed by atoms with Gasteiger partial charge in [0.1, 0.15) is 0 Å². The van der Waals surface area contributed by atoms with Crippen LogP contribution in [0.15, 0.2) is 24.3 Å². The minimum atomic E-state index is 0.318. The zero-order valence-electron chi connectivity index (χ0n) is 8.87. The van der Waals surface area contributed by atoms with E-state index in [1.807, 2.05) is 0 Å². The summed E-state index contributed by atoms with van der Waals surface area (Å²) >= 11 is 0. The number of rotatable bonds is 4. The number of nitrogens with two attached hydrogens (primary N) is 1. The van der Waals surface area contributed by atoms with Crippen molar-refractivity contribution < 1.29 is 0 Å². The molecule has 0 spiro atoms. The zero-order valence-corrected chi connectivity index (χ0v) is 8.87. The van der Waals surface area contributed by atoms with Crippen molar-refractivity contribution in [1.82, 2.24) is 0 Å². The summed E-state index contributed by atoms with van der Waals surface area (Å²) in [4.78, 5) is 0. The molecule has 14 heavy (non-hydrogen) atoms. The first-order valence-corrected chi connectivity index (χ1v) is 5.60. The molecule has 1 fully saturated rings. The number of aryl methyl sites for hydroxylation is 1. The molecule has 1 aliphatic carbocycles. The van der Waals surface area contributed by atoms with Gasteiger partial charge in [0, 0.05) is 6.04 Å². The summed E-state index contributed by atoms with van der Waals surface area (Å²) in [6.45, 7) is 2.07. The minimum absolute atomic E-state index is 0.318. The molecule has 0 aromatic heterocycles. The first kappa shape index (κ1) is 9.72. The lowest BCUT2D eigenvalue weighted by Crippen LogP contribution is -2.15. The van der Waals surface area contributed by atoms with E-state index in [9.17, 15) is 0 Å². The van der Waals surface area contributed by atoms with Crippen molar-refractivity contribution in [1.29, 1.82) is 0 Å². The van der Waals surface area contributed by atoms with Gasteiger partial charge in [-0.15, -0.1) is 0 Å². The Hall–Kier alpha value is -0.820. The summed E-state index contributed by atoms with van der Waals surface area (Å²) in [5.41, 5.74) is 8.67. The molecule has 0 amide bonds. The Morgan fingerprint density at radius 3 is 2.43 bits per heavy atom. The third-order valence-corrected chi connectivity index (χ3v) is 2.92. The third-order valence-electron chi connectivity index (χ3n) is 2.92. The van der Waals surface area contributed by atoms with Crippen LogP contribution in [0.2, 0.25) is 0 Å². The Morgan fingerprint density at radius 2 is 1.93 bits per heavy atom. The Bertz CT molecular complexity index is 283. The van der Waals surface area contributed by atoms with E-state index in [2.05, 4.69) is 31.2 Å². The molecule has 1 heteroatoms. The van der Waals surface area contributed by atoms with Crippen LogP contribution in [0.1, 0.15) is 43.2 Å². The first-order valence-electron chi connectivity index (χ1n) is 5.60. The van der Waals surface area contributed by atoms with Gasteiger partial charge < -0.3 is 5.73 Å². The van der Waals surface area contributed by atoms with Crippen LogP contribution in [0.5, 0.6) is 0 Å². The maximum Gasteiger partial charge on any atom is 0.00136 e. The molecule has 1 unspecified atom stereocenters. The van der Waals surface area contributed by atoms with Crippen molar-refractivity contribution in [3.8, 4) is 0 Å². The van der Waals surface area contributed by atoms with Gasteiger partial charge in [-0.2, -0.15) is 0 Å². The zero-order chi connectivity index (χ0) is 9.97. The fourth-order valence-corrected chi connectivity index (χ4v) is 1.77. The van der Waals surface area contributed by atoms with Crippen LogP contribution in [0.3, 0.4) is 0 Å². The lowest BCUT2D eigenvalue weighted by Gasteiger charge is -2.05. The quantitative estimate of drug-likeness (QED) is 0.774. The normalized spacial score (nSPS) is 18.1. The number of hydrogen-bond donors (Lipinski definition) is 1. The molecule has 1 aromatic rings. The Kier molecular flexibility index (Phi) is 2.87. The highest BCUT2D eigenvalue weighted by Gasteiger charge is 2.22. The Balaban J connectivity index is 1.92. The molecule has 0 bridgehead atoms. The average molecular weight is 189 g/mol. The molecule has 1 saturated carbocycles. The van der Waals surface area contributed by atoms with Gasteiger partial charge in [-0.05, 0) is 49.7 Å². The van der Waals surface area contributed by atoms with E-state index in [0.29, 0.717) is 6.04 Å². The minimum Gasteiger partial charge on any atom is -0.328 e. The van der Waals surface area contributed by atoms with Crippen LogP contribution in [0, 0.1) is 0 Å². The predicted molar refractivity (Wildman–Crippen MR) is 60.4 cm³/mol. The van der Waals surface area contributed by atoms with Crippen LogP contribution in [0.25, 0.3) is 0 Å². The second kappa shape index (κ2) is 4.14. The second-order valence-electron chi connectivity index (χ2n) is 4.53. The molecular formula is C13H19N.